The van der Waals surface area contributed by atoms with Crippen LogP contribution in [-0.2, 0) is 10.8 Å². The Morgan fingerprint density at radius 2 is 0.636 bits per heavy atom. The van der Waals surface area contributed by atoms with Gasteiger partial charge in [0.05, 0.1) is 64.7 Å². The third-order valence-electron chi connectivity index (χ3n) is 23.9. The Hall–Kier alpha value is -12.8. The van der Waals surface area contributed by atoms with Gasteiger partial charge in [0.25, 0.3) is 0 Å². The third-order valence-corrected chi connectivity index (χ3v) is 28.5. The lowest BCUT2D eigenvalue weighted by Gasteiger charge is -2.39. The lowest BCUT2D eigenvalue weighted by atomic mass is 9.67. The molecule has 0 saturated heterocycles. The van der Waals surface area contributed by atoms with E-state index >= 15 is 0 Å². The van der Waals surface area contributed by atoms with Crippen LogP contribution in [-0.4, -0.2) is 29.1 Å². The van der Waals surface area contributed by atoms with E-state index in [0.717, 1.165) is 109 Å². The van der Waals surface area contributed by atoms with Gasteiger partial charge in [-0.3, -0.25) is 9.13 Å². The molecular formula is C100H56N6S4. The average molecular weight is 1470 g/mol. The first kappa shape index (κ1) is 61.2. The molecular weight excluding hydrogens is 1410 g/mol. The first-order valence-electron chi connectivity index (χ1n) is 37.3. The summed E-state index contributed by atoms with van der Waals surface area (Å²) in [6.07, 6.45) is 0. The maximum atomic E-state index is 5.78. The SMILES string of the molecule is c1ccc(-c2nc(-n3c4ccccc4c4cc5c(cc43)Sc3ccccc3C53c4ccccc4-c4c(-c5cccc(-c6ccc(-c7nc(-n8c9ccccc9c9cc%10c(cc98)Sc8ccccc8C%108c9ccccc9-c9ccccc98)nc8c7sc7ccccc78)cc6)c5)cccc43)nc3c2sc2ccccc23)cc1. The van der Waals surface area contributed by atoms with Gasteiger partial charge >= 0.3 is 0 Å². The van der Waals surface area contributed by atoms with Gasteiger partial charge in [-0.25, -0.2) is 19.9 Å². The lowest BCUT2D eigenvalue weighted by Crippen LogP contribution is -2.32. The van der Waals surface area contributed by atoms with E-state index in [1.54, 1.807) is 22.7 Å². The Labute approximate surface area is 648 Å². The lowest BCUT2D eigenvalue weighted by molar-refractivity contribution is 0.724. The van der Waals surface area contributed by atoms with Crippen molar-refractivity contribution in [1.82, 2.24) is 29.1 Å². The maximum absolute atomic E-state index is 5.78. The summed E-state index contributed by atoms with van der Waals surface area (Å²) in [5.74, 6) is 1.31. The van der Waals surface area contributed by atoms with Crippen LogP contribution in [0, 0.1) is 0 Å². The summed E-state index contributed by atoms with van der Waals surface area (Å²) in [4.78, 5) is 27.6. The fourth-order valence-corrected chi connectivity index (χ4v) is 24.2. The van der Waals surface area contributed by atoms with Gasteiger partial charge in [-0.15, -0.1) is 22.7 Å². The van der Waals surface area contributed by atoms with Crippen LogP contribution in [0.15, 0.2) is 359 Å². The van der Waals surface area contributed by atoms with Crippen molar-refractivity contribution in [2.75, 3.05) is 0 Å². The van der Waals surface area contributed by atoms with E-state index in [1.165, 1.54) is 107 Å². The van der Waals surface area contributed by atoms with Crippen LogP contribution >= 0.6 is 46.2 Å². The zero-order valence-electron chi connectivity index (χ0n) is 58.6. The van der Waals surface area contributed by atoms with Gasteiger partial charge in [-0.05, 0) is 156 Å². The molecule has 10 heteroatoms. The topological polar surface area (TPSA) is 61.4 Å². The third kappa shape index (κ3) is 8.24. The number of fused-ring (bicyclic) bond motifs is 30. The molecule has 0 fully saturated rings. The van der Waals surface area contributed by atoms with Crippen LogP contribution in [0.3, 0.4) is 0 Å². The highest BCUT2D eigenvalue weighted by Crippen LogP contribution is 2.66. The quantitative estimate of drug-likeness (QED) is 0.165. The molecule has 1 atom stereocenters. The Kier molecular flexibility index (Phi) is 12.7. The summed E-state index contributed by atoms with van der Waals surface area (Å²) < 4.78 is 9.19. The van der Waals surface area contributed by atoms with E-state index in [4.69, 9.17) is 19.9 Å². The molecule has 510 valence electrons. The Balaban J connectivity index is 0.625. The molecule has 15 aromatic carbocycles. The smallest absolute Gasteiger partial charge is 0.235 e. The maximum Gasteiger partial charge on any atom is 0.235 e. The van der Waals surface area contributed by atoms with Gasteiger partial charge in [-0.2, -0.15) is 0 Å². The van der Waals surface area contributed by atoms with E-state index in [9.17, 15) is 0 Å². The highest BCUT2D eigenvalue weighted by Gasteiger charge is 2.53. The monoisotopic (exact) mass is 1470 g/mol. The molecule has 0 amide bonds. The van der Waals surface area contributed by atoms with Crippen molar-refractivity contribution in [2.24, 2.45) is 0 Å². The predicted molar refractivity (Wildman–Crippen MR) is 457 cm³/mol. The van der Waals surface area contributed by atoms with Gasteiger partial charge in [0.15, 0.2) is 0 Å². The minimum Gasteiger partial charge on any atom is -0.278 e. The van der Waals surface area contributed by atoms with Gasteiger partial charge < -0.3 is 0 Å². The van der Waals surface area contributed by atoms with E-state index < -0.39 is 10.8 Å². The van der Waals surface area contributed by atoms with Crippen LogP contribution in [0.4, 0.5) is 0 Å². The zero-order valence-corrected chi connectivity index (χ0v) is 61.9. The zero-order chi connectivity index (χ0) is 71.7. The summed E-state index contributed by atoms with van der Waals surface area (Å²) >= 11 is 7.28. The van der Waals surface area contributed by atoms with Crippen molar-refractivity contribution < 1.29 is 0 Å². The Morgan fingerprint density at radius 1 is 0.236 bits per heavy atom. The summed E-state index contributed by atoms with van der Waals surface area (Å²) in [5, 5.41) is 6.93. The molecule has 2 aliphatic carbocycles. The van der Waals surface area contributed by atoms with Crippen molar-refractivity contribution >= 4 is 130 Å². The standard InChI is InChI=1S/C100H56N6S4/c1-2-24-58(25-3-1)91-95-93(68-33-9-18-44-84(68)109-95)103-97(101-91)105-81-43-17-8-31-66(81)71-54-79-89(56-83(71)105)108-87-47-21-15-40-76(87)100(79)74-38-13-6-32-67(74)90-62(35-23-41-77(90)100)61-27-22-26-60(52-61)57-48-50-59(51-49-57)92-96-94(69-34-10-19-45-85(69)110-96)104-98(102-92)106-80-42-16-7-30-65(80)70-53-78-88(55-82(70)106)107-86-46-20-14-39-75(86)99(78)72-36-11-4-28-63(72)64-29-5-12-37-73(64)99/h1-56H. The predicted octanol–water partition coefficient (Wildman–Crippen LogP) is 26.5. The molecule has 2 spiro atoms. The second kappa shape index (κ2) is 22.9. The largest absolute Gasteiger partial charge is 0.278 e. The molecule has 0 radical (unpaired) electrons. The van der Waals surface area contributed by atoms with Crippen molar-refractivity contribution in [3.05, 3.63) is 384 Å². The molecule has 110 heavy (non-hydrogen) atoms. The molecule has 8 heterocycles. The highest BCUT2D eigenvalue weighted by molar-refractivity contribution is 7.99. The van der Waals surface area contributed by atoms with Crippen molar-refractivity contribution in [2.45, 2.75) is 30.4 Å². The molecule has 6 aromatic heterocycles. The summed E-state index contributed by atoms with van der Waals surface area (Å²) in [7, 11) is 0. The molecule has 25 rings (SSSR count). The van der Waals surface area contributed by atoms with Gasteiger partial charge in [0.2, 0.25) is 11.9 Å². The Bertz CT molecular complexity index is 7590. The van der Waals surface area contributed by atoms with E-state index in [0.29, 0.717) is 11.9 Å². The first-order chi connectivity index (χ1) is 54.5. The van der Waals surface area contributed by atoms with Crippen molar-refractivity contribution in [1.29, 1.82) is 0 Å². The summed E-state index contributed by atoms with van der Waals surface area (Å²) in [6.45, 7) is 0. The minimum absolute atomic E-state index is 0.508. The number of nitrogens with zero attached hydrogens (tertiary/aromatic N) is 6. The number of para-hydroxylation sites is 2. The van der Waals surface area contributed by atoms with Gasteiger partial charge in [-0.1, -0.05) is 297 Å². The number of benzene rings is 15. The Morgan fingerprint density at radius 3 is 1.20 bits per heavy atom. The number of aromatic nitrogens is 6. The average Bonchev–Trinajstić information content (AvgIpc) is 1.48. The molecule has 6 nitrogen and oxygen atoms in total. The van der Waals surface area contributed by atoms with Crippen LogP contribution < -0.4 is 0 Å². The van der Waals surface area contributed by atoms with E-state index in [-0.39, 0.29) is 0 Å². The molecule has 1 unspecified atom stereocenters. The van der Waals surface area contributed by atoms with Crippen molar-refractivity contribution in [3.8, 4) is 78.9 Å². The van der Waals surface area contributed by atoms with Gasteiger partial charge in [0, 0.05) is 72.4 Å². The van der Waals surface area contributed by atoms with E-state index in [1.807, 2.05) is 23.5 Å². The summed E-state index contributed by atoms with van der Waals surface area (Å²) in [6, 6.07) is 126. The van der Waals surface area contributed by atoms with Crippen LogP contribution in [0.25, 0.3) is 163 Å². The minimum atomic E-state index is -0.650. The number of hydrogen-bond acceptors (Lipinski definition) is 8. The molecule has 21 aromatic rings. The number of thiophene rings is 2. The van der Waals surface area contributed by atoms with Crippen molar-refractivity contribution in [3.63, 3.8) is 0 Å². The molecule has 4 aliphatic rings. The van der Waals surface area contributed by atoms with Crippen LogP contribution in [0.1, 0.15) is 44.5 Å². The molecule has 0 bridgehead atoms. The fraction of sp³-hybridized carbons (Fsp3) is 0.0200. The number of hydrogen-bond donors (Lipinski definition) is 0. The first-order valence-corrected chi connectivity index (χ1v) is 40.6. The van der Waals surface area contributed by atoms with E-state index in [2.05, 4.69) is 349 Å². The second-order valence-electron chi connectivity index (χ2n) is 29.3. The number of rotatable bonds is 6. The van der Waals surface area contributed by atoms with Gasteiger partial charge in [0.1, 0.15) is 0 Å². The molecule has 0 saturated carbocycles. The van der Waals surface area contributed by atoms with Crippen LogP contribution in [0.2, 0.25) is 0 Å². The molecule has 2 aliphatic heterocycles. The fourth-order valence-electron chi connectivity index (χ4n) is 19.4. The summed E-state index contributed by atoms with van der Waals surface area (Å²) in [5.41, 5.74) is 29.1. The normalized spacial score (nSPS) is 14.8. The van der Waals surface area contributed by atoms with Crippen LogP contribution in [0.5, 0.6) is 0 Å². The second-order valence-corrected chi connectivity index (χ2v) is 33.6. The highest BCUT2D eigenvalue weighted by atomic mass is 32.2. The molecule has 0 N–H and O–H groups in total.